The van der Waals surface area contributed by atoms with Crippen molar-refractivity contribution < 1.29 is 19.1 Å². The number of carboxylic acid groups (broad SMARTS) is 1. The quantitative estimate of drug-likeness (QED) is 0.893. The molecule has 122 valence electrons. The van der Waals surface area contributed by atoms with Gasteiger partial charge in [-0.25, -0.2) is 0 Å². The number of benzene rings is 1. The van der Waals surface area contributed by atoms with Crippen molar-refractivity contribution in [3.8, 4) is 0 Å². The van der Waals surface area contributed by atoms with Crippen molar-refractivity contribution in [2.75, 3.05) is 13.1 Å². The molecule has 3 N–H and O–H groups in total. The molecule has 1 amide bonds. The van der Waals surface area contributed by atoms with Crippen LogP contribution in [0.1, 0.15) is 18.9 Å². The molecule has 1 aliphatic rings. The van der Waals surface area contributed by atoms with Crippen LogP contribution in [0.3, 0.4) is 0 Å². The summed E-state index contributed by atoms with van der Waals surface area (Å²) in [6.45, 7) is 2.31. The maximum Gasteiger partial charge on any atom is 0.311 e. The predicted octanol–water partition coefficient (Wildman–Crippen LogP) is 1.63. The summed E-state index contributed by atoms with van der Waals surface area (Å²) in [6.07, 6.45) is 2.45. The third-order valence-electron chi connectivity index (χ3n) is 4.62. The van der Waals surface area contributed by atoms with Crippen LogP contribution in [0.5, 0.6) is 0 Å². The Labute approximate surface area is 133 Å². The smallest absolute Gasteiger partial charge is 0.311 e. The van der Waals surface area contributed by atoms with Crippen LogP contribution < -0.4 is 5.73 Å². The highest BCUT2D eigenvalue weighted by Gasteiger charge is 2.42. The number of amides is 1. The second kappa shape index (κ2) is 5.70. The van der Waals surface area contributed by atoms with E-state index in [0.29, 0.717) is 19.4 Å². The van der Waals surface area contributed by atoms with E-state index < -0.39 is 17.4 Å². The van der Waals surface area contributed by atoms with Crippen molar-refractivity contribution in [2.45, 2.75) is 25.8 Å². The largest absolute Gasteiger partial charge is 0.481 e. The summed E-state index contributed by atoms with van der Waals surface area (Å²) in [5, 5.41) is 10.2. The maximum absolute atomic E-state index is 12.5. The van der Waals surface area contributed by atoms with E-state index in [9.17, 15) is 14.7 Å². The van der Waals surface area contributed by atoms with Gasteiger partial charge in [-0.1, -0.05) is 18.2 Å². The van der Waals surface area contributed by atoms with Crippen LogP contribution in [-0.4, -0.2) is 41.0 Å². The Kier molecular flexibility index (Phi) is 3.85. The molecule has 0 aliphatic carbocycles. The summed E-state index contributed by atoms with van der Waals surface area (Å²) in [7, 11) is 0. The zero-order valence-electron chi connectivity index (χ0n) is 13.0. The third kappa shape index (κ3) is 2.82. The molecule has 2 atom stereocenters. The third-order valence-corrected chi connectivity index (χ3v) is 4.62. The van der Waals surface area contributed by atoms with Gasteiger partial charge in [0.25, 0.3) is 0 Å². The van der Waals surface area contributed by atoms with Crippen LogP contribution in [0.25, 0.3) is 11.0 Å². The average Bonchev–Trinajstić information content (AvgIpc) is 3.12. The fourth-order valence-corrected chi connectivity index (χ4v) is 3.07. The van der Waals surface area contributed by atoms with Gasteiger partial charge in [0.05, 0.1) is 17.7 Å². The summed E-state index contributed by atoms with van der Waals surface area (Å²) in [4.78, 5) is 25.3. The van der Waals surface area contributed by atoms with E-state index in [0.717, 1.165) is 16.5 Å². The number of carboxylic acids is 1. The number of rotatable bonds is 4. The molecule has 6 nitrogen and oxygen atoms in total. The minimum Gasteiger partial charge on any atom is -0.481 e. The Bertz CT molecular complexity index is 754. The molecular formula is C17H20N2O4. The molecule has 0 saturated carbocycles. The van der Waals surface area contributed by atoms with Crippen molar-refractivity contribution in [3.63, 3.8) is 0 Å². The number of nitrogens with two attached hydrogens (primary N) is 1. The molecule has 1 aromatic carbocycles. The second-order valence-corrected chi connectivity index (χ2v) is 6.44. The van der Waals surface area contributed by atoms with E-state index >= 15 is 0 Å². The lowest BCUT2D eigenvalue weighted by atomic mass is 9.90. The molecule has 3 rings (SSSR count). The normalized spacial score (nSPS) is 22.4. The van der Waals surface area contributed by atoms with E-state index in [1.54, 1.807) is 18.1 Å². The van der Waals surface area contributed by atoms with Crippen LogP contribution in [0.4, 0.5) is 0 Å². The standard InChI is InChI=1S/C17H20N2O4/c1-17(16(21)22)6-7-19(10-17)15(20)13(18)8-11-9-23-14-5-3-2-4-12(11)14/h2-5,9,13H,6-8,10,18H2,1H3,(H,21,22). The molecule has 6 heteroatoms. The SMILES string of the molecule is CC1(C(=O)O)CCN(C(=O)C(N)Cc2coc3ccccc23)C1. The second-order valence-electron chi connectivity index (χ2n) is 6.44. The van der Waals surface area contributed by atoms with Crippen LogP contribution in [0.15, 0.2) is 34.9 Å². The van der Waals surface area contributed by atoms with Crippen LogP contribution >= 0.6 is 0 Å². The zero-order valence-corrected chi connectivity index (χ0v) is 13.0. The number of nitrogens with zero attached hydrogens (tertiary/aromatic N) is 1. The lowest BCUT2D eigenvalue weighted by Crippen LogP contribution is -2.45. The first kappa shape index (κ1) is 15.6. The number of hydrogen-bond donors (Lipinski definition) is 2. The number of carbonyl (C=O) groups excluding carboxylic acids is 1. The van der Waals surface area contributed by atoms with E-state index in [2.05, 4.69) is 0 Å². The van der Waals surface area contributed by atoms with Crippen molar-refractivity contribution in [1.29, 1.82) is 0 Å². The van der Waals surface area contributed by atoms with E-state index in [-0.39, 0.29) is 12.5 Å². The molecule has 0 radical (unpaired) electrons. The van der Waals surface area contributed by atoms with Gasteiger partial charge in [-0.3, -0.25) is 9.59 Å². The fraction of sp³-hybridized carbons (Fsp3) is 0.412. The number of hydrogen-bond acceptors (Lipinski definition) is 4. The van der Waals surface area contributed by atoms with Gasteiger partial charge in [-0.2, -0.15) is 0 Å². The number of likely N-dealkylation sites (tertiary alicyclic amines) is 1. The van der Waals surface area contributed by atoms with E-state index in [4.69, 9.17) is 10.2 Å². The lowest BCUT2D eigenvalue weighted by molar-refractivity contribution is -0.147. The van der Waals surface area contributed by atoms with Gasteiger partial charge in [-0.15, -0.1) is 0 Å². The number of aliphatic carboxylic acids is 1. The maximum atomic E-state index is 12.5. The summed E-state index contributed by atoms with van der Waals surface area (Å²) < 4.78 is 5.46. The topological polar surface area (TPSA) is 96.8 Å². The Morgan fingerprint density at radius 2 is 2.17 bits per heavy atom. The van der Waals surface area contributed by atoms with Gasteiger partial charge in [0.1, 0.15) is 5.58 Å². The Morgan fingerprint density at radius 1 is 1.43 bits per heavy atom. The Morgan fingerprint density at radius 3 is 2.87 bits per heavy atom. The van der Waals surface area contributed by atoms with Crippen LogP contribution in [-0.2, 0) is 16.0 Å². The summed E-state index contributed by atoms with van der Waals surface area (Å²) in [5.41, 5.74) is 6.84. The number of para-hydroxylation sites is 1. The number of fused-ring (bicyclic) bond motifs is 1. The van der Waals surface area contributed by atoms with Crippen molar-refractivity contribution in [2.24, 2.45) is 11.1 Å². The van der Waals surface area contributed by atoms with Crippen LogP contribution in [0.2, 0.25) is 0 Å². The molecule has 2 aromatic rings. The molecule has 1 fully saturated rings. The summed E-state index contributed by atoms with van der Waals surface area (Å²) in [5.74, 6) is -1.08. The van der Waals surface area contributed by atoms with Gasteiger partial charge < -0.3 is 20.2 Å². The first-order chi connectivity index (χ1) is 10.9. The fourth-order valence-electron chi connectivity index (χ4n) is 3.07. The highest BCUT2D eigenvalue weighted by atomic mass is 16.4. The Hall–Kier alpha value is -2.34. The minimum atomic E-state index is -0.877. The van der Waals surface area contributed by atoms with Crippen LogP contribution in [0, 0.1) is 5.41 Å². The van der Waals surface area contributed by atoms with Gasteiger partial charge in [0, 0.05) is 30.5 Å². The molecule has 1 saturated heterocycles. The van der Waals surface area contributed by atoms with Crippen molar-refractivity contribution in [1.82, 2.24) is 4.90 Å². The molecule has 2 unspecified atom stereocenters. The van der Waals surface area contributed by atoms with Crippen molar-refractivity contribution >= 4 is 22.8 Å². The predicted molar refractivity (Wildman–Crippen MR) is 84.8 cm³/mol. The highest BCUT2D eigenvalue weighted by molar-refractivity contribution is 5.86. The van der Waals surface area contributed by atoms with Gasteiger partial charge in [0.2, 0.25) is 5.91 Å². The van der Waals surface area contributed by atoms with Gasteiger partial charge in [0.15, 0.2) is 0 Å². The molecule has 1 aromatic heterocycles. The molecule has 0 bridgehead atoms. The highest BCUT2D eigenvalue weighted by Crippen LogP contribution is 2.30. The zero-order chi connectivity index (χ0) is 16.6. The number of carbonyl (C=O) groups is 2. The lowest BCUT2D eigenvalue weighted by Gasteiger charge is -2.22. The first-order valence-corrected chi connectivity index (χ1v) is 7.63. The molecule has 0 spiro atoms. The average molecular weight is 316 g/mol. The molecular weight excluding hydrogens is 296 g/mol. The molecule has 2 heterocycles. The minimum absolute atomic E-state index is 0.208. The molecule has 23 heavy (non-hydrogen) atoms. The summed E-state index contributed by atoms with van der Waals surface area (Å²) >= 11 is 0. The summed E-state index contributed by atoms with van der Waals surface area (Å²) in [6, 6.07) is 6.89. The van der Waals surface area contributed by atoms with Gasteiger partial charge in [-0.05, 0) is 19.4 Å². The van der Waals surface area contributed by atoms with Crippen molar-refractivity contribution in [3.05, 3.63) is 36.1 Å². The molecule has 1 aliphatic heterocycles. The van der Waals surface area contributed by atoms with E-state index in [1.165, 1.54) is 0 Å². The first-order valence-electron chi connectivity index (χ1n) is 7.63. The van der Waals surface area contributed by atoms with E-state index in [1.807, 2.05) is 24.3 Å². The monoisotopic (exact) mass is 316 g/mol. The van der Waals surface area contributed by atoms with Gasteiger partial charge >= 0.3 is 5.97 Å². The number of furan rings is 1. The Balaban J connectivity index is 1.70.